The molecule has 3 amide bonds. The van der Waals surface area contributed by atoms with E-state index in [9.17, 15) is 9.59 Å². The monoisotopic (exact) mass is 371 g/mol. The van der Waals surface area contributed by atoms with Crippen molar-refractivity contribution in [3.05, 3.63) is 53.6 Å². The summed E-state index contributed by atoms with van der Waals surface area (Å²) >= 11 is 0. The molecule has 0 bridgehead atoms. The van der Waals surface area contributed by atoms with Gasteiger partial charge in [0.25, 0.3) is 5.91 Å². The Morgan fingerprint density at radius 2 is 1.67 bits per heavy atom. The highest BCUT2D eigenvalue weighted by atomic mass is 16.5. The molecule has 0 saturated heterocycles. The maximum Gasteiger partial charge on any atom is 0.316 e. The summed E-state index contributed by atoms with van der Waals surface area (Å²) in [5.41, 5.74) is 7.05. The molecule has 2 aromatic carbocycles. The van der Waals surface area contributed by atoms with E-state index >= 15 is 0 Å². The van der Waals surface area contributed by atoms with Crippen LogP contribution in [-0.2, 0) is 0 Å². The lowest BCUT2D eigenvalue weighted by Crippen LogP contribution is -2.26. The van der Waals surface area contributed by atoms with Crippen LogP contribution in [0.15, 0.2) is 42.5 Å². The molecule has 0 aliphatic rings. The second kappa shape index (κ2) is 8.93. The van der Waals surface area contributed by atoms with Gasteiger partial charge < -0.3 is 25.8 Å². The number of benzene rings is 2. The highest BCUT2D eigenvalue weighted by Gasteiger charge is 2.15. The highest BCUT2D eigenvalue weighted by Crippen LogP contribution is 2.29. The van der Waals surface area contributed by atoms with Gasteiger partial charge in [0.05, 0.1) is 19.3 Å². The Morgan fingerprint density at radius 3 is 2.22 bits per heavy atom. The maximum atomic E-state index is 12.6. The second-order valence-electron chi connectivity index (χ2n) is 6.34. The van der Waals surface area contributed by atoms with E-state index in [1.807, 2.05) is 32.9 Å². The Balaban J connectivity index is 2.08. The van der Waals surface area contributed by atoms with Gasteiger partial charge in [-0.1, -0.05) is 12.1 Å². The van der Waals surface area contributed by atoms with Crippen molar-refractivity contribution in [3.63, 3.8) is 0 Å². The third kappa shape index (κ3) is 5.64. The van der Waals surface area contributed by atoms with Crippen molar-refractivity contribution in [2.24, 2.45) is 5.73 Å². The van der Waals surface area contributed by atoms with Crippen molar-refractivity contribution in [1.82, 2.24) is 5.32 Å². The molecule has 27 heavy (non-hydrogen) atoms. The predicted molar refractivity (Wildman–Crippen MR) is 104 cm³/mol. The topological polar surface area (TPSA) is 103 Å². The normalized spacial score (nSPS) is 11.6. The number of primary amides is 1. The van der Waals surface area contributed by atoms with Crippen LogP contribution >= 0.6 is 0 Å². The zero-order valence-electron chi connectivity index (χ0n) is 15.9. The van der Waals surface area contributed by atoms with E-state index in [0.717, 1.165) is 5.56 Å². The minimum absolute atomic E-state index is 0.00521. The molecule has 0 aliphatic heterocycles. The van der Waals surface area contributed by atoms with Crippen LogP contribution in [0.4, 0.5) is 10.5 Å². The summed E-state index contributed by atoms with van der Waals surface area (Å²) in [4.78, 5) is 23.4. The Morgan fingerprint density at radius 1 is 1.00 bits per heavy atom. The van der Waals surface area contributed by atoms with Crippen LogP contribution in [0, 0.1) is 0 Å². The lowest BCUT2D eigenvalue weighted by molar-refractivity contribution is 0.0939. The molecule has 0 aromatic heterocycles. The zero-order valence-corrected chi connectivity index (χ0v) is 15.9. The minimum atomic E-state index is -0.622. The van der Waals surface area contributed by atoms with Gasteiger partial charge in [-0.05, 0) is 56.7 Å². The highest BCUT2D eigenvalue weighted by molar-refractivity contribution is 5.95. The van der Waals surface area contributed by atoms with Gasteiger partial charge in [-0.25, -0.2) is 4.79 Å². The van der Waals surface area contributed by atoms with Gasteiger partial charge in [0.2, 0.25) is 0 Å². The molecule has 0 saturated carbocycles. The third-order valence-electron chi connectivity index (χ3n) is 3.81. The molecule has 0 fully saturated rings. The van der Waals surface area contributed by atoms with Crippen LogP contribution in [0.2, 0.25) is 0 Å². The first-order chi connectivity index (χ1) is 12.8. The van der Waals surface area contributed by atoms with Crippen molar-refractivity contribution in [1.29, 1.82) is 0 Å². The summed E-state index contributed by atoms with van der Waals surface area (Å²) < 4.78 is 11.0. The van der Waals surface area contributed by atoms with E-state index in [1.54, 1.807) is 30.3 Å². The van der Waals surface area contributed by atoms with Gasteiger partial charge in [-0.2, -0.15) is 0 Å². The van der Waals surface area contributed by atoms with Gasteiger partial charge in [-0.15, -0.1) is 0 Å². The molecule has 1 unspecified atom stereocenters. The van der Waals surface area contributed by atoms with Crippen LogP contribution in [0.25, 0.3) is 0 Å². The van der Waals surface area contributed by atoms with E-state index in [4.69, 9.17) is 15.2 Å². The third-order valence-corrected chi connectivity index (χ3v) is 3.81. The van der Waals surface area contributed by atoms with Crippen LogP contribution in [0.5, 0.6) is 11.5 Å². The number of methoxy groups -OCH3 is 1. The molecule has 0 heterocycles. The Bertz CT molecular complexity index is 803. The lowest BCUT2D eigenvalue weighted by Gasteiger charge is -2.17. The van der Waals surface area contributed by atoms with Crippen LogP contribution in [0.3, 0.4) is 0 Å². The molecule has 7 nitrogen and oxygen atoms in total. The number of carbonyl (C=O) groups is 2. The maximum absolute atomic E-state index is 12.6. The molecular formula is C20H25N3O4. The minimum Gasteiger partial charge on any atom is -0.493 e. The average Bonchev–Trinajstić information content (AvgIpc) is 2.61. The summed E-state index contributed by atoms with van der Waals surface area (Å²) in [6, 6.07) is 11.3. The fraction of sp³-hybridized carbons (Fsp3) is 0.300. The number of anilines is 1. The van der Waals surface area contributed by atoms with Crippen LogP contribution < -0.4 is 25.8 Å². The molecule has 2 rings (SSSR count). The predicted octanol–water partition coefficient (Wildman–Crippen LogP) is 3.46. The van der Waals surface area contributed by atoms with Gasteiger partial charge in [0, 0.05) is 11.3 Å². The molecule has 144 valence electrons. The first kappa shape index (κ1) is 20.1. The van der Waals surface area contributed by atoms with Crippen molar-refractivity contribution < 1.29 is 19.1 Å². The molecule has 4 N–H and O–H groups in total. The molecule has 0 radical (unpaired) electrons. The molecule has 0 spiro atoms. The number of hydrogen-bond donors (Lipinski definition) is 3. The van der Waals surface area contributed by atoms with Crippen LogP contribution in [-0.4, -0.2) is 25.2 Å². The smallest absolute Gasteiger partial charge is 0.316 e. The summed E-state index contributed by atoms with van der Waals surface area (Å²) in [6.45, 7) is 5.72. The first-order valence-corrected chi connectivity index (χ1v) is 8.62. The molecule has 7 heteroatoms. The number of carbonyl (C=O) groups excluding carboxylic acids is 2. The SMILES string of the molecule is COc1cc(C(=O)NC(C)c2ccc(NC(N)=O)cc2)ccc1OC(C)C. The summed E-state index contributed by atoms with van der Waals surface area (Å²) in [7, 11) is 1.54. The Hall–Kier alpha value is -3.22. The van der Waals surface area contributed by atoms with Crippen molar-refractivity contribution >= 4 is 17.6 Å². The van der Waals surface area contributed by atoms with Crippen molar-refractivity contribution in [2.45, 2.75) is 32.9 Å². The van der Waals surface area contributed by atoms with E-state index in [0.29, 0.717) is 22.7 Å². The van der Waals surface area contributed by atoms with Gasteiger partial charge >= 0.3 is 6.03 Å². The second-order valence-corrected chi connectivity index (χ2v) is 6.34. The number of ether oxygens (including phenoxy) is 2. The Labute approximate surface area is 158 Å². The fourth-order valence-electron chi connectivity index (χ4n) is 2.52. The quantitative estimate of drug-likeness (QED) is 0.693. The van der Waals surface area contributed by atoms with Gasteiger partial charge in [-0.3, -0.25) is 4.79 Å². The summed E-state index contributed by atoms with van der Waals surface area (Å²) in [5, 5.41) is 5.43. The van der Waals surface area contributed by atoms with Crippen LogP contribution in [0.1, 0.15) is 42.7 Å². The number of hydrogen-bond acceptors (Lipinski definition) is 4. The van der Waals surface area contributed by atoms with Crippen molar-refractivity contribution in [3.8, 4) is 11.5 Å². The first-order valence-electron chi connectivity index (χ1n) is 8.62. The van der Waals surface area contributed by atoms with E-state index in [-0.39, 0.29) is 18.1 Å². The number of rotatable bonds is 7. The molecule has 0 aliphatic carbocycles. The van der Waals surface area contributed by atoms with E-state index in [2.05, 4.69) is 10.6 Å². The zero-order chi connectivity index (χ0) is 20.0. The van der Waals surface area contributed by atoms with Gasteiger partial charge in [0.15, 0.2) is 11.5 Å². The Kier molecular flexibility index (Phi) is 6.65. The lowest BCUT2D eigenvalue weighted by atomic mass is 10.1. The summed E-state index contributed by atoms with van der Waals surface area (Å²) in [6.07, 6.45) is 0.00521. The number of amides is 3. The average molecular weight is 371 g/mol. The molecular weight excluding hydrogens is 346 g/mol. The number of nitrogens with one attached hydrogen (secondary N) is 2. The number of urea groups is 1. The largest absolute Gasteiger partial charge is 0.493 e. The molecule has 1 atom stereocenters. The molecule has 2 aromatic rings. The van der Waals surface area contributed by atoms with Gasteiger partial charge in [0.1, 0.15) is 0 Å². The fourth-order valence-corrected chi connectivity index (χ4v) is 2.52. The van der Waals surface area contributed by atoms with E-state index < -0.39 is 6.03 Å². The number of nitrogens with two attached hydrogens (primary N) is 1. The standard InChI is InChI=1S/C20H25N3O4/c1-12(2)27-17-10-7-15(11-18(17)26-4)19(24)22-13(3)14-5-8-16(9-6-14)23-20(21)25/h5-13H,1-4H3,(H,22,24)(H3,21,23,25). The van der Waals surface area contributed by atoms with E-state index in [1.165, 1.54) is 7.11 Å². The summed E-state index contributed by atoms with van der Waals surface area (Å²) in [5.74, 6) is 0.872. The van der Waals surface area contributed by atoms with Crippen molar-refractivity contribution in [2.75, 3.05) is 12.4 Å².